The molecule has 130 valence electrons. The van der Waals surface area contributed by atoms with Crippen LogP contribution in [-0.4, -0.2) is 30.9 Å². The van der Waals surface area contributed by atoms with E-state index in [1.54, 1.807) is 6.07 Å². The second kappa shape index (κ2) is 7.70. The zero-order valence-electron chi connectivity index (χ0n) is 14.0. The minimum Gasteiger partial charge on any atom is -0.359 e. The van der Waals surface area contributed by atoms with E-state index < -0.39 is 0 Å². The van der Waals surface area contributed by atoms with E-state index in [0.29, 0.717) is 5.69 Å². The predicted octanol–water partition coefficient (Wildman–Crippen LogP) is 2.96. The van der Waals surface area contributed by atoms with Crippen LogP contribution in [0.1, 0.15) is 12.5 Å². The molecule has 1 heterocycles. The van der Waals surface area contributed by atoms with E-state index in [1.807, 2.05) is 36.4 Å². The summed E-state index contributed by atoms with van der Waals surface area (Å²) < 4.78 is 0.803. The number of benzene rings is 2. The molecule has 0 aromatic heterocycles. The van der Waals surface area contributed by atoms with Gasteiger partial charge in [0, 0.05) is 16.2 Å². The van der Waals surface area contributed by atoms with Crippen LogP contribution in [0, 0.1) is 0 Å². The normalized spacial score (nSPS) is 15.6. The Morgan fingerprint density at radius 1 is 1.12 bits per heavy atom. The molecule has 6 heteroatoms. The number of carbonyl (C=O) groups excluding carboxylic acids is 2. The molecule has 0 saturated heterocycles. The lowest BCUT2D eigenvalue weighted by Gasteiger charge is -2.24. The number of anilines is 2. The molecule has 2 aromatic rings. The van der Waals surface area contributed by atoms with Crippen molar-refractivity contribution in [3.63, 3.8) is 0 Å². The number of carbonyl (C=O) groups is 2. The zero-order valence-corrected chi connectivity index (χ0v) is 15.5. The molecule has 0 bridgehead atoms. The molecule has 1 aliphatic heterocycles. The lowest BCUT2D eigenvalue weighted by molar-refractivity contribution is -0.123. The summed E-state index contributed by atoms with van der Waals surface area (Å²) in [6.45, 7) is 2.30. The van der Waals surface area contributed by atoms with Gasteiger partial charge in [-0.1, -0.05) is 30.3 Å². The average Bonchev–Trinajstić information content (AvgIpc) is 2.91. The standard InChI is InChI=1S/C19H20BrN3O2/c1-13-10-14-6-2-5-9-17(14)23(13)12-19(25)21-11-18(24)22-16-8-4-3-7-15(16)20/h2-9,13H,10-12H2,1H3,(H,21,25)(H,22,24)/t13-/m1/s1. The van der Waals surface area contributed by atoms with Gasteiger partial charge in [0.25, 0.3) is 0 Å². The fourth-order valence-electron chi connectivity index (χ4n) is 3.02. The monoisotopic (exact) mass is 401 g/mol. The Morgan fingerprint density at radius 2 is 1.84 bits per heavy atom. The highest BCUT2D eigenvalue weighted by Crippen LogP contribution is 2.31. The van der Waals surface area contributed by atoms with E-state index >= 15 is 0 Å². The highest BCUT2D eigenvalue weighted by molar-refractivity contribution is 9.10. The van der Waals surface area contributed by atoms with E-state index in [9.17, 15) is 9.59 Å². The summed E-state index contributed by atoms with van der Waals surface area (Å²) in [5.41, 5.74) is 3.04. The van der Waals surface area contributed by atoms with Crippen molar-refractivity contribution in [1.82, 2.24) is 5.32 Å². The van der Waals surface area contributed by atoms with Crippen LogP contribution in [0.15, 0.2) is 53.0 Å². The van der Waals surface area contributed by atoms with Gasteiger partial charge in [-0.25, -0.2) is 0 Å². The summed E-state index contributed by atoms with van der Waals surface area (Å²) in [5.74, 6) is -0.416. The van der Waals surface area contributed by atoms with Gasteiger partial charge in [0.05, 0.1) is 18.8 Å². The Labute approximate surface area is 155 Å². The Morgan fingerprint density at radius 3 is 2.64 bits per heavy atom. The van der Waals surface area contributed by atoms with Crippen molar-refractivity contribution >= 4 is 39.1 Å². The number of hydrogen-bond donors (Lipinski definition) is 2. The Kier molecular flexibility index (Phi) is 5.38. The maximum absolute atomic E-state index is 12.2. The van der Waals surface area contributed by atoms with Gasteiger partial charge in [0.2, 0.25) is 11.8 Å². The van der Waals surface area contributed by atoms with Gasteiger partial charge in [0.1, 0.15) is 0 Å². The topological polar surface area (TPSA) is 61.4 Å². The Bertz CT molecular complexity index is 794. The number of amides is 2. The molecular formula is C19H20BrN3O2. The molecule has 0 unspecified atom stereocenters. The number of para-hydroxylation sites is 2. The molecule has 1 aliphatic rings. The fourth-order valence-corrected chi connectivity index (χ4v) is 3.40. The lowest BCUT2D eigenvalue weighted by Crippen LogP contribution is -2.42. The van der Waals surface area contributed by atoms with Crippen LogP contribution in [0.3, 0.4) is 0 Å². The molecule has 25 heavy (non-hydrogen) atoms. The number of halogens is 1. The molecule has 2 N–H and O–H groups in total. The van der Waals surface area contributed by atoms with E-state index in [2.05, 4.69) is 44.5 Å². The smallest absolute Gasteiger partial charge is 0.243 e. The SMILES string of the molecule is C[C@@H]1Cc2ccccc2N1CC(=O)NCC(=O)Nc1ccccc1Br. The molecule has 5 nitrogen and oxygen atoms in total. The van der Waals surface area contributed by atoms with Crippen molar-refractivity contribution in [2.75, 3.05) is 23.3 Å². The summed E-state index contributed by atoms with van der Waals surface area (Å²) in [6.07, 6.45) is 0.936. The molecule has 0 radical (unpaired) electrons. The molecule has 3 rings (SSSR count). The van der Waals surface area contributed by atoms with Crippen molar-refractivity contribution in [3.8, 4) is 0 Å². The third-order valence-electron chi connectivity index (χ3n) is 4.26. The van der Waals surface area contributed by atoms with Gasteiger partial charge in [-0.15, -0.1) is 0 Å². The van der Waals surface area contributed by atoms with Crippen molar-refractivity contribution < 1.29 is 9.59 Å². The van der Waals surface area contributed by atoms with Crippen molar-refractivity contribution in [3.05, 3.63) is 58.6 Å². The fraction of sp³-hybridized carbons (Fsp3) is 0.263. The second-order valence-corrected chi connectivity index (χ2v) is 6.97. The van der Waals surface area contributed by atoms with E-state index in [4.69, 9.17) is 0 Å². The zero-order chi connectivity index (χ0) is 17.8. The summed E-state index contributed by atoms with van der Waals surface area (Å²) in [7, 11) is 0. The van der Waals surface area contributed by atoms with Gasteiger partial charge >= 0.3 is 0 Å². The van der Waals surface area contributed by atoms with Crippen molar-refractivity contribution in [2.24, 2.45) is 0 Å². The van der Waals surface area contributed by atoms with Crippen LogP contribution in [0.5, 0.6) is 0 Å². The molecule has 0 saturated carbocycles. The van der Waals surface area contributed by atoms with Gasteiger partial charge in [-0.3, -0.25) is 9.59 Å². The number of hydrogen-bond acceptors (Lipinski definition) is 3. The van der Waals surface area contributed by atoms with Gasteiger partial charge in [-0.05, 0) is 53.0 Å². The van der Waals surface area contributed by atoms with Crippen LogP contribution >= 0.6 is 15.9 Å². The van der Waals surface area contributed by atoms with Crippen LogP contribution in [0.4, 0.5) is 11.4 Å². The lowest BCUT2D eigenvalue weighted by atomic mass is 10.1. The van der Waals surface area contributed by atoms with E-state index in [0.717, 1.165) is 16.6 Å². The van der Waals surface area contributed by atoms with Crippen molar-refractivity contribution in [1.29, 1.82) is 0 Å². The molecule has 2 amide bonds. The molecule has 0 aliphatic carbocycles. The summed E-state index contributed by atoms with van der Waals surface area (Å²) in [5, 5.41) is 5.46. The number of nitrogens with zero attached hydrogens (tertiary/aromatic N) is 1. The quantitative estimate of drug-likeness (QED) is 0.809. The minimum absolute atomic E-state index is 0.0516. The van der Waals surface area contributed by atoms with Gasteiger partial charge in [0.15, 0.2) is 0 Å². The number of fused-ring (bicyclic) bond motifs is 1. The van der Waals surface area contributed by atoms with Gasteiger partial charge in [-0.2, -0.15) is 0 Å². The van der Waals surface area contributed by atoms with Crippen LogP contribution in [0.2, 0.25) is 0 Å². The second-order valence-electron chi connectivity index (χ2n) is 6.11. The Hall–Kier alpha value is -2.34. The van der Waals surface area contributed by atoms with E-state index in [-0.39, 0.29) is 30.9 Å². The van der Waals surface area contributed by atoms with Crippen LogP contribution in [0.25, 0.3) is 0 Å². The maximum Gasteiger partial charge on any atom is 0.243 e. The third-order valence-corrected chi connectivity index (χ3v) is 4.95. The number of nitrogens with one attached hydrogen (secondary N) is 2. The van der Waals surface area contributed by atoms with Crippen molar-refractivity contribution in [2.45, 2.75) is 19.4 Å². The Balaban J connectivity index is 1.52. The molecule has 2 aromatic carbocycles. The summed E-state index contributed by atoms with van der Waals surface area (Å²) in [4.78, 5) is 26.3. The highest BCUT2D eigenvalue weighted by atomic mass is 79.9. The van der Waals surface area contributed by atoms with Crippen LogP contribution < -0.4 is 15.5 Å². The highest BCUT2D eigenvalue weighted by Gasteiger charge is 2.27. The predicted molar refractivity (Wildman–Crippen MR) is 103 cm³/mol. The molecule has 1 atom stereocenters. The first-order valence-electron chi connectivity index (χ1n) is 8.20. The van der Waals surface area contributed by atoms with Crippen LogP contribution in [-0.2, 0) is 16.0 Å². The molecule has 0 fully saturated rings. The molecule has 0 spiro atoms. The number of rotatable bonds is 5. The first-order valence-corrected chi connectivity index (χ1v) is 8.99. The molecular weight excluding hydrogens is 382 g/mol. The average molecular weight is 402 g/mol. The summed E-state index contributed by atoms with van der Waals surface area (Å²) in [6, 6.07) is 15.8. The first kappa shape index (κ1) is 17.5. The van der Waals surface area contributed by atoms with Gasteiger partial charge < -0.3 is 15.5 Å². The minimum atomic E-state index is -0.255. The largest absolute Gasteiger partial charge is 0.359 e. The first-order chi connectivity index (χ1) is 12.0. The maximum atomic E-state index is 12.2. The van der Waals surface area contributed by atoms with E-state index in [1.165, 1.54) is 5.56 Å². The summed E-state index contributed by atoms with van der Waals surface area (Å²) >= 11 is 3.38. The third kappa shape index (κ3) is 4.20.